The Morgan fingerprint density at radius 1 is 0.630 bits per heavy atom. The predicted molar refractivity (Wildman–Crippen MR) is 202 cm³/mol. The molecule has 1 aromatic rings. The molecule has 0 saturated heterocycles. The van der Waals surface area contributed by atoms with E-state index in [1.807, 2.05) is 0 Å². The zero-order chi connectivity index (χ0) is 38.0. The monoisotopic (exact) mass is 750 g/mol. The van der Waals surface area contributed by atoms with Crippen molar-refractivity contribution in [1.82, 2.24) is 0 Å². The van der Waals surface area contributed by atoms with Gasteiger partial charge >= 0.3 is 11.9 Å². The highest BCUT2D eigenvalue weighted by Crippen LogP contribution is 2.65. The number of carbonyl (C=O) groups is 2. The summed E-state index contributed by atoms with van der Waals surface area (Å²) in [6.07, 6.45) is 13.4. The molecule has 0 aromatic heterocycles. The number of rotatable bonds is 20. The maximum Gasteiger partial charge on any atom is 0.333 e. The third-order valence-electron chi connectivity index (χ3n) is 13.4. The molecule has 8 fully saturated rings. The van der Waals surface area contributed by atoms with Crippen molar-refractivity contribution < 1.29 is 48.2 Å². The van der Waals surface area contributed by atoms with Crippen LogP contribution in [0.15, 0.2) is 36.4 Å². The summed E-state index contributed by atoms with van der Waals surface area (Å²) in [7, 11) is 0. The van der Waals surface area contributed by atoms with Crippen molar-refractivity contribution in [3.63, 3.8) is 0 Å². The average molecular weight is 751 g/mol. The first kappa shape index (κ1) is 39.3. The fraction of sp³-hybridized carbons (Fsp3) is 0.727. The zero-order valence-corrected chi connectivity index (χ0v) is 32.5. The molecule has 54 heavy (non-hydrogen) atoms. The van der Waals surface area contributed by atoms with Gasteiger partial charge in [-0.1, -0.05) is 19.2 Å². The molecular formula is C44H62O10. The number of esters is 2. The fourth-order valence-corrected chi connectivity index (χ4v) is 12.0. The summed E-state index contributed by atoms with van der Waals surface area (Å²) in [4.78, 5) is 23.4. The van der Waals surface area contributed by atoms with Crippen LogP contribution in [0.1, 0.15) is 102 Å². The standard InChI is InChI=1S/C44H62O10/c1-27(2)41(47)51-7-5-49-23-36(45)25-53-39-16-35(43-17-29-9-30(18-43)11-31(10-29)19-43)15-38(44-20-32-12-33(21-44)14-34(13-32)22-44)40(39)54-26-37(46)24-50-6-8-52-42(48)28(3)4/h15-16,29-34,36-37,45-46H,1,3,5-14,17-26H2,2,4H3. The Labute approximate surface area is 320 Å². The lowest BCUT2D eigenvalue weighted by Gasteiger charge is -2.58. The molecule has 0 aliphatic heterocycles. The fourth-order valence-electron chi connectivity index (χ4n) is 12.0. The van der Waals surface area contributed by atoms with E-state index in [9.17, 15) is 19.8 Å². The van der Waals surface area contributed by atoms with Crippen molar-refractivity contribution in [2.24, 2.45) is 35.5 Å². The summed E-state index contributed by atoms with van der Waals surface area (Å²) in [6, 6.07) is 4.71. The first-order valence-electron chi connectivity index (χ1n) is 20.5. The van der Waals surface area contributed by atoms with Gasteiger partial charge in [0.25, 0.3) is 0 Å². The first-order valence-corrected chi connectivity index (χ1v) is 20.5. The number of carbonyl (C=O) groups excluding carboxylic acids is 2. The molecule has 298 valence electrons. The van der Waals surface area contributed by atoms with Crippen LogP contribution in [0.25, 0.3) is 0 Å². The summed E-state index contributed by atoms with van der Waals surface area (Å²) in [5.41, 5.74) is 3.38. The van der Waals surface area contributed by atoms with Crippen LogP contribution < -0.4 is 9.47 Å². The van der Waals surface area contributed by atoms with Crippen molar-refractivity contribution in [3.8, 4) is 11.5 Å². The smallest absolute Gasteiger partial charge is 0.333 e. The van der Waals surface area contributed by atoms with Gasteiger partial charge in [-0.05, 0) is 149 Å². The molecular weight excluding hydrogens is 688 g/mol. The van der Waals surface area contributed by atoms with Crippen LogP contribution in [0.3, 0.4) is 0 Å². The largest absolute Gasteiger partial charge is 0.487 e. The third kappa shape index (κ3) is 8.87. The Balaban J connectivity index is 1.12. The zero-order valence-electron chi connectivity index (χ0n) is 32.5. The van der Waals surface area contributed by atoms with E-state index in [0.29, 0.717) is 22.6 Å². The maximum absolute atomic E-state index is 11.7. The Hall–Kier alpha value is -2.92. The van der Waals surface area contributed by atoms with Crippen LogP contribution >= 0.6 is 0 Å². The van der Waals surface area contributed by atoms with Crippen molar-refractivity contribution in [3.05, 3.63) is 47.6 Å². The molecule has 1 aromatic carbocycles. The van der Waals surface area contributed by atoms with Crippen molar-refractivity contribution >= 4 is 11.9 Å². The van der Waals surface area contributed by atoms with Crippen LogP contribution in [0.2, 0.25) is 0 Å². The highest BCUT2D eigenvalue weighted by atomic mass is 16.6. The number of hydrogen-bond acceptors (Lipinski definition) is 10. The van der Waals surface area contributed by atoms with Crippen LogP contribution in [0.4, 0.5) is 0 Å². The highest BCUT2D eigenvalue weighted by Gasteiger charge is 2.55. The second-order valence-corrected chi connectivity index (χ2v) is 18.2. The average Bonchev–Trinajstić information content (AvgIpc) is 3.11. The minimum Gasteiger partial charge on any atom is -0.487 e. The molecule has 0 amide bonds. The van der Waals surface area contributed by atoms with Gasteiger partial charge in [0.05, 0.1) is 26.4 Å². The van der Waals surface area contributed by atoms with E-state index in [1.165, 1.54) is 68.9 Å². The van der Waals surface area contributed by atoms with E-state index < -0.39 is 24.1 Å². The van der Waals surface area contributed by atoms with Crippen LogP contribution in [0.5, 0.6) is 11.5 Å². The summed E-state index contributed by atoms with van der Waals surface area (Å²) < 4.78 is 34.8. The normalized spacial score (nSPS) is 32.6. The second-order valence-electron chi connectivity index (χ2n) is 18.2. The summed E-state index contributed by atoms with van der Waals surface area (Å²) in [6.45, 7) is 10.9. The summed E-state index contributed by atoms with van der Waals surface area (Å²) in [5, 5.41) is 22.1. The van der Waals surface area contributed by atoms with Gasteiger partial charge in [0.1, 0.15) is 38.6 Å². The molecule has 2 atom stereocenters. The minimum atomic E-state index is -0.918. The number of benzene rings is 1. The number of hydrogen-bond donors (Lipinski definition) is 2. The number of aliphatic hydroxyl groups is 2. The van der Waals surface area contributed by atoms with Crippen LogP contribution in [-0.4, -0.2) is 87.2 Å². The number of aliphatic hydroxyl groups excluding tert-OH is 2. The van der Waals surface area contributed by atoms with Gasteiger partial charge in [0.2, 0.25) is 0 Å². The third-order valence-corrected chi connectivity index (χ3v) is 13.4. The Bertz CT molecular complexity index is 1480. The van der Waals surface area contributed by atoms with E-state index in [2.05, 4.69) is 25.3 Å². The number of ether oxygens (including phenoxy) is 6. The van der Waals surface area contributed by atoms with Gasteiger partial charge in [-0.25, -0.2) is 9.59 Å². The lowest BCUT2D eigenvalue weighted by molar-refractivity contribution is -0.141. The van der Waals surface area contributed by atoms with E-state index in [-0.39, 0.29) is 63.7 Å². The van der Waals surface area contributed by atoms with Gasteiger partial charge in [0.15, 0.2) is 11.5 Å². The van der Waals surface area contributed by atoms with Gasteiger partial charge in [-0.2, -0.15) is 0 Å². The molecule has 8 saturated carbocycles. The van der Waals surface area contributed by atoms with Crippen molar-refractivity contribution in [1.29, 1.82) is 0 Å². The molecule has 2 N–H and O–H groups in total. The lowest BCUT2D eigenvalue weighted by Crippen LogP contribution is -2.50. The van der Waals surface area contributed by atoms with Crippen LogP contribution in [-0.2, 0) is 39.4 Å². The van der Waals surface area contributed by atoms with Gasteiger partial charge in [-0.15, -0.1) is 0 Å². The SMILES string of the molecule is C=C(C)C(=O)OCCOCC(O)COc1cc(C23CC4CC(CC(C4)C2)C3)cc(C23CC4CC(CC(C4)C2)C3)c1OCC(O)COCCOC(=O)C(=C)C. The Morgan fingerprint density at radius 2 is 1.04 bits per heavy atom. The molecule has 10 heteroatoms. The molecule has 0 spiro atoms. The molecule has 0 heterocycles. The first-order chi connectivity index (χ1) is 25.9. The van der Waals surface area contributed by atoms with Gasteiger partial charge in [-0.3, -0.25) is 0 Å². The maximum atomic E-state index is 11.7. The quantitative estimate of drug-likeness (QED) is 0.0881. The van der Waals surface area contributed by atoms with Gasteiger partial charge < -0.3 is 38.6 Å². The molecule has 8 bridgehead atoms. The van der Waals surface area contributed by atoms with E-state index in [1.54, 1.807) is 13.8 Å². The van der Waals surface area contributed by atoms with Crippen LogP contribution in [0, 0.1) is 35.5 Å². The lowest BCUT2D eigenvalue weighted by atomic mass is 9.46. The summed E-state index contributed by atoms with van der Waals surface area (Å²) >= 11 is 0. The minimum absolute atomic E-state index is 0.00112. The summed E-state index contributed by atoms with van der Waals surface area (Å²) in [5.74, 6) is 4.90. The molecule has 8 aliphatic carbocycles. The molecule has 9 rings (SSSR count). The molecule has 2 unspecified atom stereocenters. The highest BCUT2D eigenvalue weighted by molar-refractivity contribution is 5.87. The Morgan fingerprint density at radius 3 is 1.46 bits per heavy atom. The second kappa shape index (κ2) is 16.7. The van der Waals surface area contributed by atoms with Crippen molar-refractivity contribution in [2.75, 3.05) is 52.9 Å². The molecule has 0 radical (unpaired) electrons. The van der Waals surface area contributed by atoms with E-state index in [0.717, 1.165) is 54.8 Å². The molecule has 10 nitrogen and oxygen atoms in total. The Kier molecular flexibility index (Phi) is 12.1. The molecule has 8 aliphatic rings. The van der Waals surface area contributed by atoms with Crippen molar-refractivity contribution in [2.45, 2.75) is 114 Å². The predicted octanol–water partition coefficient (Wildman–Crippen LogP) is 6.37. The van der Waals surface area contributed by atoms with Gasteiger partial charge in [0, 0.05) is 16.7 Å². The topological polar surface area (TPSA) is 130 Å². The van der Waals surface area contributed by atoms with E-state index >= 15 is 0 Å². The van der Waals surface area contributed by atoms with E-state index in [4.69, 9.17) is 28.4 Å².